The lowest BCUT2D eigenvalue weighted by Gasteiger charge is -2.19. The normalized spacial score (nSPS) is 10.9. The van der Waals surface area contributed by atoms with Crippen LogP contribution in [-0.2, 0) is 4.74 Å². The molecular formula is C11H13ClNO2. The zero-order chi connectivity index (χ0) is 11.5. The summed E-state index contributed by atoms with van der Waals surface area (Å²) in [5.74, 6) is 0. The van der Waals surface area contributed by atoms with Gasteiger partial charge in [0, 0.05) is 6.07 Å². The predicted molar refractivity (Wildman–Crippen MR) is 60.1 cm³/mol. The number of ether oxygens (including phenoxy) is 1. The highest BCUT2D eigenvalue weighted by Crippen LogP contribution is 2.15. The third-order valence-electron chi connectivity index (χ3n) is 1.40. The van der Waals surface area contributed by atoms with Crippen molar-refractivity contribution < 1.29 is 9.53 Å². The molecule has 1 N–H and O–H groups in total. The lowest BCUT2D eigenvalue weighted by molar-refractivity contribution is 0.0636. The Kier molecular flexibility index (Phi) is 3.58. The number of benzene rings is 1. The van der Waals surface area contributed by atoms with Gasteiger partial charge in [-0.1, -0.05) is 17.7 Å². The third kappa shape index (κ3) is 4.70. The molecule has 1 amide bonds. The van der Waals surface area contributed by atoms with E-state index in [2.05, 4.69) is 11.4 Å². The highest BCUT2D eigenvalue weighted by Gasteiger charge is 2.16. The van der Waals surface area contributed by atoms with Gasteiger partial charge >= 0.3 is 6.09 Å². The summed E-state index contributed by atoms with van der Waals surface area (Å²) >= 11 is 5.71. The molecule has 4 heteroatoms. The Morgan fingerprint density at radius 2 is 2.13 bits per heavy atom. The molecule has 0 saturated heterocycles. The van der Waals surface area contributed by atoms with Crippen molar-refractivity contribution in [2.75, 3.05) is 5.32 Å². The summed E-state index contributed by atoms with van der Waals surface area (Å²) in [5, 5.41) is 2.99. The van der Waals surface area contributed by atoms with E-state index < -0.39 is 11.7 Å². The molecule has 0 fully saturated rings. The van der Waals surface area contributed by atoms with Crippen LogP contribution in [0.1, 0.15) is 20.8 Å². The second kappa shape index (κ2) is 4.53. The molecule has 0 unspecified atom stereocenters. The van der Waals surface area contributed by atoms with E-state index in [1.54, 1.807) is 39.0 Å². The van der Waals surface area contributed by atoms with Crippen LogP contribution in [0.2, 0.25) is 5.02 Å². The Labute approximate surface area is 94.4 Å². The lowest BCUT2D eigenvalue weighted by atomic mass is 10.2. The number of amides is 1. The van der Waals surface area contributed by atoms with Gasteiger partial charge in [-0.25, -0.2) is 4.79 Å². The molecular weight excluding hydrogens is 214 g/mol. The minimum atomic E-state index is -0.513. The van der Waals surface area contributed by atoms with E-state index in [9.17, 15) is 4.79 Å². The quantitative estimate of drug-likeness (QED) is 0.796. The van der Waals surface area contributed by atoms with Gasteiger partial charge < -0.3 is 4.74 Å². The largest absolute Gasteiger partial charge is 0.444 e. The summed E-state index contributed by atoms with van der Waals surface area (Å²) in [6, 6.07) is 7.88. The van der Waals surface area contributed by atoms with Gasteiger partial charge in [-0.05, 0) is 32.9 Å². The zero-order valence-electron chi connectivity index (χ0n) is 8.93. The van der Waals surface area contributed by atoms with Crippen molar-refractivity contribution in [2.24, 2.45) is 0 Å². The van der Waals surface area contributed by atoms with Crippen molar-refractivity contribution >= 4 is 23.4 Å². The van der Waals surface area contributed by atoms with Crippen LogP contribution in [0.15, 0.2) is 18.2 Å². The van der Waals surface area contributed by atoms with E-state index in [0.717, 1.165) is 0 Å². The van der Waals surface area contributed by atoms with E-state index >= 15 is 0 Å². The molecule has 0 atom stereocenters. The van der Waals surface area contributed by atoms with E-state index in [0.29, 0.717) is 10.7 Å². The number of halogens is 1. The molecule has 0 aromatic heterocycles. The van der Waals surface area contributed by atoms with Crippen LogP contribution in [0, 0.1) is 6.07 Å². The van der Waals surface area contributed by atoms with Crippen LogP contribution < -0.4 is 5.32 Å². The SMILES string of the molecule is CC(C)(C)OC(=O)Nc1[c]c(Cl)ccc1. The van der Waals surface area contributed by atoms with Gasteiger partial charge in [0.2, 0.25) is 0 Å². The topological polar surface area (TPSA) is 38.3 Å². The average Bonchev–Trinajstić information content (AvgIpc) is 1.99. The van der Waals surface area contributed by atoms with Crippen LogP contribution in [0.4, 0.5) is 10.5 Å². The van der Waals surface area contributed by atoms with Crippen molar-refractivity contribution in [3.8, 4) is 0 Å². The molecule has 1 rings (SSSR count). The minimum absolute atomic E-state index is 0.448. The highest BCUT2D eigenvalue weighted by molar-refractivity contribution is 6.30. The fourth-order valence-corrected chi connectivity index (χ4v) is 1.10. The molecule has 0 aliphatic carbocycles. The molecule has 81 valence electrons. The fraction of sp³-hybridized carbons (Fsp3) is 0.364. The summed E-state index contributed by atoms with van der Waals surface area (Å²) in [5.41, 5.74) is -0.0143. The van der Waals surface area contributed by atoms with Gasteiger partial charge in [-0.2, -0.15) is 0 Å². The number of hydrogen-bond donors (Lipinski definition) is 1. The Bertz CT molecular complexity index is 358. The van der Waals surface area contributed by atoms with Gasteiger partial charge in [0.05, 0.1) is 10.7 Å². The smallest absolute Gasteiger partial charge is 0.412 e. The number of anilines is 1. The summed E-state index contributed by atoms with van der Waals surface area (Å²) in [6.45, 7) is 5.40. The van der Waals surface area contributed by atoms with Crippen molar-refractivity contribution in [1.82, 2.24) is 0 Å². The zero-order valence-corrected chi connectivity index (χ0v) is 9.68. The summed E-state index contributed by atoms with van der Waals surface area (Å²) in [7, 11) is 0. The average molecular weight is 227 g/mol. The monoisotopic (exact) mass is 226 g/mol. The van der Waals surface area contributed by atoms with E-state index in [1.807, 2.05) is 0 Å². The summed E-state index contributed by atoms with van der Waals surface area (Å²) in [6.07, 6.45) is -0.513. The van der Waals surface area contributed by atoms with Crippen molar-refractivity contribution in [2.45, 2.75) is 26.4 Å². The fourth-order valence-electron chi connectivity index (χ4n) is 0.927. The van der Waals surface area contributed by atoms with Crippen molar-refractivity contribution in [3.05, 3.63) is 29.3 Å². The van der Waals surface area contributed by atoms with Gasteiger partial charge in [-0.3, -0.25) is 5.32 Å². The summed E-state index contributed by atoms with van der Waals surface area (Å²) < 4.78 is 5.07. The first-order valence-electron chi connectivity index (χ1n) is 4.55. The Hall–Kier alpha value is -1.22. The predicted octanol–water partition coefficient (Wildman–Crippen LogP) is 3.49. The lowest BCUT2D eigenvalue weighted by Crippen LogP contribution is -2.27. The van der Waals surface area contributed by atoms with Crippen LogP contribution in [0.25, 0.3) is 0 Å². The van der Waals surface area contributed by atoms with Gasteiger partial charge in [0.25, 0.3) is 0 Å². The molecule has 0 heterocycles. The van der Waals surface area contributed by atoms with Gasteiger partial charge in [0.1, 0.15) is 5.60 Å². The Morgan fingerprint density at radius 3 is 2.67 bits per heavy atom. The second-order valence-electron chi connectivity index (χ2n) is 4.04. The minimum Gasteiger partial charge on any atom is -0.444 e. The number of hydrogen-bond acceptors (Lipinski definition) is 2. The summed E-state index contributed by atoms with van der Waals surface area (Å²) in [4.78, 5) is 11.3. The number of carbonyl (C=O) groups excluding carboxylic acids is 1. The molecule has 0 aliphatic rings. The standard InChI is InChI=1S/C11H13ClNO2/c1-11(2,3)15-10(14)13-9-6-4-5-8(12)7-9/h4-6H,1-3H3,(H,13,14). The maximum Gasteiger partial charge on any atom is 0.412 e. The molecule has 0 bridgehead atoms. The molecule has 15 heavy (non-hydrogen) atoms. The molecule has 0 saturated carbocycles. The van der Waals surface area contributed by atoms with Crippen LogP contribution in [0.3, 0.4) is 0 Å². The van der Waals surface area contributed by atoms with Crippen LogP contribution in [0.5, 0.6) is 0 Å². The molecule has 1 radical (unpaired) electrons. The molecule has 0 spiro atoms. The first-order chi connectivity index (χ1) is 6.87. The second-order valence-corrected chi connectivity index (χ2v) is 4.45. The first kappa shape index (κ1) is 11.9. The maximum absolute atomic E-state index is 11.3. The number of carbonyl (C=O) groups is 1. The molecule has 1 aromatic carbocycles. The maximum atomic E-state index is 11.3. The van der Waals surface area contributed by atoms with Crippen LogP contribution in [-0.4, -0.2) is 11.7 Å². The number of nitrogens with one attached hydrogen (secondary N) is 1. The number of rotatable bonds is 1. The van der Waals surface area contributed by atoms with Crippen molar-refractivity contribution in [3.63, 3.8) is 0 Å². The molecule has 0 aliphatic heterocycles. The Morgan fingerprint density at radius 1 is 1.47 bits per heavy atom. The van der Waals surface area contributed by atoms with Crippen molar-refractivity contribution in [1.29, 1.82) is 0 Å². The van der Waals surface area contributed by atoms with E-state index in [4.69, 9.17) is 16.3 Å². The molecule has 3 nitrogen and oxygen atoms in total. The van der Waals surface area contributed by atoms with Gasteiger partial charge in [0.15, 0.2) is 0 Å². The Balaban J connectivity index is 2.59. The van der Waals surface area contributed by atoms with E-state index in [1.165, 1.54) is 0 Å². The van der Waals surface area contributed by atoms with Crippen LogP contribution >= 0.6 is 11.6 Å². The van der Waals surface area contributed by atoms with Gasteiger partial charge in [-0.15, -0.1) is 0 Å². The first-order valence-corrected chi connectivity index (χ1v) is 4.92. The third-order valence-corrected chi connectivity index (χ3v) is 1.62. The van der Waals surface area contributed by atoms with E-state index in [-0.39, 0.29) is 0 Å². The molecule has 1 aromatic rings. The highest BCUT2D eigenvalue weighted by atomic mass is 35.5.